The fourth-order valence-corrected chi connectivity index (χ4v) is 1.29. The molecule has 0 fully saturated rings. The lowest BCUT2D eigenvalue weighted by Gasteiger charge is -2.09. The molecule has 2 rings (SSSR count). The number of aromatic carboxylic acids is 1. The number of anilines is 2. The van der Waals surface area contributed by atoms with Crippen molar-refractivity contribution in [1.82, 2.24) is 15.4 Å². The molecule has 0 spiro atoms. The molecule has 18 heavy (non-hydrogen) atoms. The van der Waals surface area contributed by atoms with Gasteiger partial charge in [-0.2, -0.15) is 0 Å². The van der Waals surface area contributed by atoms with Crippen LogP contribution in [-0.4, -0.2) is 26.5 Å². The van der Waals surface area contributed by atoms with E-state index >= 15 is 0 Å². The number of hydrogen-bond donors (Lipinski definition) is 2. The lowest BCUT2D eigenvalue weighted by atomic mass is 10.1. The van der Waals surface area contributed by atoms with E-state index < -0.39 is 28.9 Å². The molecule has 1 aromatic heterocycles. The van der Waals surface area contributed by atoms with E-state index in [1.54, 1.807) is 0 Å². The van der Waals surface area contributed by atoms with Gasteiger partial charge in [0.1, 0.15) is 0 Å². The van der Waals surface area contributed by atoms with Crippen LogP contribution in [-0.2, 0) is 0 Å². The van der Waals surface area contributed by atoms with Gasteiger partial charge >= 0.3 is 5.97 Å². The first-order valence-corrected chi connectivity index (χ1v) is 4.72. The average Bonchev–Trinajstić information content (AvgIpc) is 2.36. The van der Waals surface area contributed by atoms with E-state index in [2.05, 4.69) is 20.7 Å². The minimum absolute atomic E-state index is 0.0528. The Morgan fingerprint density at radius 3 is 2.67 bits per heavy atom. The van der Waals surface area contributed by atoms with Gasteiger partial charge < -0.3 is 10.4 Å². The van der Waals surface area contributed by atoms with Crippen molar-refractivity contribution in [2.24, 2.45) is 0 Å². The van der Waals surface area contributed by atoms with Crippen LogP contribution in [0.3, 0.4) is 0 Å². The SMILES string of the molecule is O=C(O)c1ccc(F)c(F)c1Nc1ccnnn1. The molecule has 0 radical (unpaired) electrons. The number of benzene rings is 1. The second-order valence-corrected chi connectivity index (χ2v) is 3.22. The van der Waals surface area contributed by atoms with Crippen LogP contribution >= 0.6 is 0 Å². The van der Waals surface area contributed by atoms with Crippen molar-refractivity contribution < 1.29 is 18.7 Å². The molecule has 0 atom stereocenters. The van der Waals surface area contributed by atoms with E-state index in [1.165, 1.54) is 12.3 Å². The van der Waals surface area contributed by atoms with E-state index in [1.807, 2.05) is 0 Å². The Morgan fingerprint density at radius 1 is 1.28 bits per heavy atom. The van der Waals surface area contributed by atoms with Crippen LogP contribution < -0.4 is 5.32 Å². The molecule has 8 heteroatoms. The smallest absolute Gasteiger partial charge is 0.337 e. The number of halogens is 2. The highest BCUT2D eigenvalue weighted by atomic mass is 19.2. The first-order chi connectivity index (χ1) is 8.59. The fraction of sp³-hybridized carbons (Fsp3) is 0. The van der Waals surface area contributed by atoms with Crippen LogP contribution in [0.4, 0.5) is 20.3 Å². The third-order valence-corrected chi connectivity index (χ3v) is 2.08. The predicted molar refractivity (Wildman–Crippen MR) is 56.4 cm³/mol. The summed E-state index contributed by atoms with van der Waals surface area (Å²) < 4.78 is 26.6. The van der Waals surface area contributed by atoms with Crippen LogP contribution in [0.15, 0.2) is 24.4 Å². The molecule has 1 aromatic carbocycles. The number of rotatable bonds is 3. The summed E-state index contributed by atoms with van der Waals surface area (Å²) in [4.78, 5) is 10.9. The summed E-state index contributed by atoms with van der Waals surface area (Å²) in [5.41, 5.74) is -0.921. The van der Waals surface area contributed by atoms with Gasteiger partial charge in [0.2, 0.25) is 0 Å². The van der Waals surface area contributed by atoms with E-state index in [4.69, 9.17) is 5.11 Å². The molecule has 0 unspecified atom stereocenters. The molecule has 0 saturated heterocycles. The Labute approximate surface area is 99.3 Å². The van der Waals surface area contributed by atoms with Gasteiger partial charge in [-0.25, -0.2) is 13.6 Å². The van der Waals surface area contributed by atoms with Gasteiger partial charge in [0.15, 0.2) is 17.5 Å². The maximum atomic E-state index is 13.5. The Balaban J connectivity index is 2.48. The zero-order valence-corrected chi connectivity index (χ0v) is 8.76. The molecule has 2 N–H and O–H groups in total. The second kappa shape index (κ2) is 4.70. The Bertz CT molecular complexity index is 592. The monoisotopic (exact) mass is 252 g/mol. The molecule has 0 saturated carbocycles. The number of nitrogens with zero attached hydrogens (tertiary/aromatic N) is 3. The highest BCUT2D eigenvalue weighted by Gasteiger charge is 2.18. The summed E-state index contributed by atoms with van der Waals surface area (Å²) in [5.74, 6) is -3.80. The maximum Gasteiger partial charge on any atom is 0.337 e. The van der Waals surface area contributed by atoms with Crippen molar-refractivity contribution >= 4 is 17.5 Å². The Morgan fingerprint density at radius 2 is 2.06 bits per heavy atom. The molecule has 1 heterocycles. The van der Waals surface area contributed by atoms with Crippen LogP contribution in [0.2, 0.25) is 0 Å². The normalized spacial score (nSPS) is 10.1. The largest absolute Gasteiger partial charge is 0.478 e. The Hall–Kier alpha value is -2.64. The van der Waals surface area contributed by atoms with Gasteiger partial charge in [0, 0.05) is 6.07 Å². The van der Waals surface area contributed by atoms with Gasteiger partial charge in [0.05, 0.1) is 17.4 Å². The standard InChI is InChI=1S/C10H6F2N4O2/c11-6-2-1-5(10(17)18)9(8(6)12)14-7-3-4-13-16-15-7/h1-4H,(H,17,18)(H,13,14,15). The molecule has 0 amide bonds. The zero-order valence-electron chi connectivity index (χ0n) is 8.76. The molecule has 92 valence electrons. The van der Waals surface area contributed by atoms with Gasteiger partial charge in [-0.05, 0) is 17.3 Å². The summed E-state index contributed by atoms with van der Waals surface area (Å²) in [7, 11) is 0. The molecule has 0 aliphatic heterocycles. The highest BCUT2D eigenvalue weighted by Crippen LogP contribution is 2.25. The van der Waals surface area contributed by atoms with Crippen LogP contribution in [0.5, 0.6) is 0 Å². The quantitative estimate of drug-likeness (QED) is 0.862. The summed E-state index contributed by atoms with van der Waals surface area (Å²) in [6.45, 7) is 0. The molecule has 0 aliphatic rings. The molecule has 2 aromatic rings. The van der Waals surface area contributed by atoms with Crippen molar-refractivity contribution in [2.45, 2.75) is 0 Å². The van der Waals surface area contributed by atoms with E-state index in [0.717, 1.165) is 12.1 Å². The van der Waals surface area contributed by atoms with Crippen molar-refractivity contribution in [1.29, 1.82) is 0 Å². The van der Waals surface area contributed by atoms with Gasteiger partial charge in [-0.3, -0.25) is 0 Å². The summed E-state index contributed by atoms with van der Waals surface area (Å²) >= 11 is 0. The predicted octanol–water partition coefficient (Wildman–Crippen LogP) is 1.59. The van der Waals surface area contributed by atoms with Crippen molar-refractivity contribution in [2.75, 3.05) is 5.32 Å². The van der Waals surface area contributed by atoms with E-state index in [9.17, 15) is 13.6 Å². The van der Waals surface area contributed by atoms with Crippen molar-refractivity contribution in [3.8, 4) is 0 Å². The van der Waals surface area contributed by atoms with Crippen molar-refractivity contribution in [3.63, 3.8) is 0 Å². The third kappa shape index (κ3) is 2.21. The van der Waals surface area contributed by atoms with Crippen LogP contribution in [0.25, 0.3) is 0 Å². The number of carbonyl (C=O) groups is 1. The number of carboxylic acids is 1. The fourth-order valence-electron chi connectivity index (χ4n) is 1.29. The van der Waals surface area contributed by atoms with Gasteiger partial charge in [-0.15, -0.1) is 10.2 Å². The molecular formula is C10H6F2N4O2. The number of nitrogens with one attached hydrogen (secondary N) is 1. The van der Waals surface area contributed by atoms with Gasteiger partial charge in [0.25, 0.3) is 0 Å². The lowest BCUT2D eigenvalue weighted by molar-refractivity contribution is 0.0697. The van der Waals surface area contributed by atoms with Gasteiger partial charge in [-0.1, -0.05) is 0 Å². The van der Waals surface area contributed by atoms with E-state index in [0.29, 0.717) is 0 Å². The highest BCUT2D eigenvalue weighted by molar-refractivity contribution is 5.95. The minimum atomic E-state index is -1.39. The second-order valence-electron chi connectivity index (χ2n) is 3.22. The third-order valence-electron chi connectivity index (χ3n) is 2.08. The first-order valence-electron chi connectivity index (χ1n) is 4.72. The zero-order chi connectivity index (χ0) is 13.1. The van der Waals surface area contributed by atoms with Crippen LogP contribution in [0.1, 0.15) is 10.4 Å². The topological polar surface area (TPSA) is 88.0 Å². The number of aromatic nitrogens is 3. The lowest BCUT2D eigenvalue weighted by Crippen LogP contribution is -2.07. The van der Waals surface area contributed by atoms with Crippen molar-refractivity contribution in [3.05, 3.63) is 41.6 Å². The van der Waals surface area contributed by atoms with E-state index in [-0.39, 0.29) is 5.82 Å². The molecule has 0 aliphatic carbocycles. The number of hydrogen-bond acceptors (Lipinski definition) is 5. The number of carboxylic acid groups (broad SMARTS) is 1. The Kier molecular flexibility index (Phi) is 3.09. The molecule has 0 bridgehead atoms. The molecule has 6 nitrogen and oxygen atoms in total. The summed E-state index contributed by atoms with van der Waals surface area (Å²) in [5, 5.41) is 21.4. The molecular weight excluding hydrogens is 246 g/mol. The van der Waals surface area contributed by atoms with Crippen LogP contribution in [0, 0.1) is 11.6 Å². The first kappa shape index (κ1) is 11.8. The maximum absolute atomic E-state index is 13.5. The summed E-state index contributed by atoms with van der Waals surface area (Å²) in [6.07, 6.45) is 1.27. The minimum Gasteiger partial charge on any atom is -0.478 e. The average molecular weight is 252 g/mol. The summed E-state index contributed by atoms with van der Waals surface area (Å²) in [6, 6.07) is 3.03.